The highest BCUT2D eigenvalue weighted by Gasteiger charge is 2.30. The topological polar surface area (TPSA) is 76.7 Å². The van der Waals surface area contributed by atoms with Gasteiger partial charge in [0.25, 0.3) is 0 Å². The number of halogens is 3. The quantitative estimate of drug-likeness (QED) is 0.702. The molecule has 29 heavy (non-hydrogen) atoms. The zero-order valence-electron chi connectivity index (χ0n) is 15.9. The molecule has 0 unspecified atom stereocenters. The molecule has 156 valence electrons. The molecule has 0 aromatic heterocycles. The molecule has 2 N–H and O–H groups in total. The van der Waals surface area contributed by atoms with Crippen LogP contribution in [0.4, 0.5) is 13.2 Å². The Labute approximate surface area is 166 Å². The van der Waals surface area contributed by atoms with Crippen LogP contribution in [0.5, 0.6) is 5.75 Å². The van der Waals surface area contributed by atoms with Gasteiger partial charge in [0.05, 0.1) is 6.61 Å². The fraction of sp³-hybridized carbons (Fsp3) is 0.300. The molecule has 2 aromatic carbocycles. The second-order valence-electron chi connectivity index (χ2n) is 6.20. The van der Waals surface area contributed by atoms with Crippen molar-refractivity contribution in [3.8, 4) is 16.9 Å². The van der Waals surface area contributed by atoms with Crippen molar-refractivity contribution < 1.29 is 32.2 Å². The minimum Gasteiger partial charge on any atom is -0.406 e. The number of nitrogens with one attached hydrogen (secondary N) is 2. The maximum absolute atomic E-state index is 12.2. The Kier molecular flexibility index (Phi) is 7.60. The van der Waals surface area contributed by atoms with Crippen molar-refractivity contribution in [3.63, 3.8) is 0 Å². The molecular weight excluding hydrogens is 389 g/mol. The van der Waals surface area contributed by atoms with Crippen molar-refractivity contribution >= 4 is 11.8 Å². The molecule has 0 saturated carbocycles. The van der Waals surface area contributed by atoms with E-state index in [4.69, 9.17) is 4.74 Å². The van der Waals surface area contributed by atoms with E-state index in [1.807, 2.05) is 0 Å². The first-order valence-electron chi connectivity index (χ1n) is 8.67. The van der Waals surface area contributed by atoms with Crippen LogP contribution in [0.1, 0.15) is 12.5 Å². The van der Waals surface area contributed by atoms with Gasteiger partial charge < -0.3 is 20.1 Å². The van der Waals surface area contributed by atoms with E-state index in [-0.39, 0.29) is 30.7 Å². The van der Waals surface area contributed by atoms with Crippen molar-refractivity contribution in [3.05, 3.63) is 54.1 Å². The van der Waals surface area contributed by atoms with Crippen molar-refractivity contribution in [1.29, 1.82) is 0 Å². The number of amides is 2. The lowest BCUT2D eigenvalue weighted by Crippen LogP contribution is -2.48. The van der Waals surface area contributed by atoms with E-state index in [1.54, 1.807) is 24.3 Å². The highest BCUT2D eigenvalue weighted by molar-refractivity contribution is 5.86. The summed E-state index contributed by atoms with van der Waals surface area (Å²) in [6.07, 6.45) is -4.73. The number of ether oxygens (including phenoxy) is 2. The van der Waals surface area contributed by atoms with Gasteiger partial charge in [-0.15, -0.1) is 13.2 Å². The first kappa shape index (κ1) is 22.2. The number of alkyl halides is 3. The summed E-state index contributed by atoms with van der Waals surface area (Å²) in [7, 11) is 1.43. The van der Waals surface area contributed by atoms with Gasteiger partial charge in [-0.25, -0.2) is 0 Å². The molecule has 2 aromatic rings. The predicted molar refractivity (Wildman–Crippen MR) is 99.9 cm³/mol. The van der Waals surface area contributed by atoms with Crippen LogP contribution in [0.25, 0.3) is 11.1 Å². The Morgan fingerprint density at radius 3 is 2.03 bits per heavy atom. The van der Waals surface area contributed by atoms with Crippen molar-refractivity contribution in [2.75, 3.05) is 13.7 Å². The number of hydrogen-bond acceptors (Lipinski definition) is 4. The predicted octanol–water partition coefficient (Wildman–Crippen LogP) is 3.02. The van der Waals surface area contributed by atoms with Crippen LogP contribution in [-0.4, -0.2) is 37.9 Å². The number of carbonyl (C=O) groups excluding carboxylic acids is 2. The fourth-order valence-corrected chi connectivity index (χ4v) is 2.57. The molecule has 0 bridgehead atoms. The van der Waals surface area contributed by atoms with Crippen LogP contribution in [0, 0.1) is 0 Å². The molecule has 1 atom stereocenters. The highest BCUT2D eigenvalue weighted by Crippen LogP contribution is 2.26. The molecule has 0 aliphatic carbocycles. The Hall–Kier alpha value is -3.07. The average Bonchev–Trinajstić information content (AvgIpc) is 2.65. The average molecular weight is 410 g/mol. The Balaban J connectivity index is 1.96. The molecule has 9 heteroatoms. The molecule has 0 spiro atoms. The zero-order valence-corrected chi connectivity index (χ0v) is 15.9. The first-order chi connectivity index (χ1) is 13.7. The molecule has 0 radical (unpaired) electrons. The summed E-state index contributed by atoms with van der Waals surface area (Å²) >= 11 is 0. The first-order valence-corrected chi connectivity index (χ1v) is 8.67. The van der Waals surface area contributed by atoms with Crippen molar-refractivity contribution in [1.82, 2.24) is 10.6 Å². The summed E-state index contributed by atoms with van der Waals surface area (Å²) in [6, 6.07) is 11.9. The van der Waals surface area contributed by atoms with Gasteiger partial charge in [0, 0.05) is 20.6 Å². The summed E-state index contributed by atoms with van der Waals surface area (Å²) in [5, 5.41) is 5.23. The maximum atomic E-state index is 12.2. The van der Waals surface area contributed by atoms with E-state index in [0.29, 0.717) is 0 Å². The minimum atomic E-state index is -4.73. The number of benzene rings is 2. The van der Waals surface area contributed by atoms with Gasteiger partial charge in [-0.05, 0) is 28.8 Å². The molecular formula is C20H21F3N2O4. The van der Waals surface area contributed by atoms with Crippen molar-refractivity contribution in [2.24, 2.45) is 0 Å². The number of carbonyl (C=O) groups is 2. The van der Waals surface area contributed by atoms with Gasteiger partial charge in [0.1, 0.15) is 11.8 Å². The van der Waals surface area contributed by atoms with Gasteiger partial charge in [-0.1, -0.05) is 36.4 Å². The molecule has 6 nitrogen and oxygen atoms in total. The minimum absolute atomic E-state index is 0.0540. The third kappa shape index (κ3) is 7.46. The number of hydrogen-bond donors (Lipinski definition) is 2. The lowest BCUT2D eigenvalue weighted by molar-refractivity contribution is -0.274. The second-order valence-corrected chi connectivity index (χ2v) is 6.20. The molecule has 0 fully saturated rings. The number of methoxy groups -OCH3 is 1. The smallest absolute Gasteiger partial charge is 0.406 e. The van der Waals surface area contributed by atoms with Gasteiger partial charge in [-0.2, -0.15) is 0 Å². The van der Waals surface area contributed by atoms with Crippen LogP contribution in [0.2, 0.25) is 0 Å². The Morgan fingerprint density at radius 1 is 1.00 bits per heavy atom. The Bertz CT molecular complexity index is 821. The fourth-order valence-electron chi connectivity index (χ4n) is 2.57. The van der Waals surface area contributed by atoms with Crippen LogP contribution < -0.4 is 15.4 Å². The summed E-state index contributed by atoms with van der Waals surface area (Å²) in [5.41, 5.74) is 2.34. The second kappa shape index (κ2) is 9.92. The van der Waals surface area contributed by atoms with Crippen LogP contribution in [0.3, 0.4) is 0 Å². The van der Waals surface area contributed by atoms with Crippen LogP contribution in [-0.2, 0) is 20.9 Å². The highest BCUT2D eigenvalue weighted by atomic mass is 19.4. The van der Waals surface area contributed by atoms with E-state index in [2.05, 4.69) is 15.4 Å². The van der Waals surface area contributed by atoms with Gasteiger partial charge >= 0.3 is 6.36 Å². The van der Waals surface area contributed by atoms with Gasteiger partial charge in [-0.3, -0.25) is 9.59 Å². The Morgan fingerprint density at radius 2 is 1.55 bits per heavy atom. The molecule has 2 amide bonds. The van der Waals surface area contributed by atoms with E-state index in [9.17, 15) is 22.8 Å². The molecule has 2 rings (SSSR count). The summed E-state index contributed by atoms with van der Waals surface area (Å²) in [5.74, 6) is -0.991. The van der Waals surface area contributed by atoms with E-state index in [0.717, 1.165) is 16.7 Å². The lowest BCUT2D eigenvalue weighted by Gasteiger charge is -2.16. The zero-order chi connectivity index (χ0) is 21.4. The third-order valence-corrected chi connectivity index (χ3v) is 3.87. The van der Waals surface area contributed by atoms with Gasteiger partial charge in [0.2, 0.25) is 11.8 Å². The number of rotatable bonds is 8. The maximum Gasteiger partial charge on any atom is 0.573 e. The molecule has 0 heterocycles. The normalized spacial score (nSPS) is 12.2. The summed E-state index contributed by atoms with van der Waals surface area (Å²) < 4.78 is 45.4. The monoisotopic (exact) mass is 410 g/mol. The molecule has 0 aliphatic heterocycles. The van der Waals surface area contributed by atoms with Crippen LogP contribution in [0.15, 0.2) is 48.5 Å². The largest absolute Gasteiger partial charge is 0.573 e. The SMILES string of the molecule is COC[C@@H](NC(C)=O)C(=O)NCc1ccc(-c2ccc(OC(F)(F)F)cc2)cc1. The summed E-state index contributed by atoms with van der Waals surface area (Å²) in [4.78, 5) is 23.3. The van der Waals surface area contributed by atoms with Gasteiger partial charge in [0.15, 0.2) is 0 Å². The third-order valence-electron chi connectivity index (χ3n) is 3.87. The van der Waals surface area contributed by atoms with Crippen LogP contribution >= 0.6 is 0 Å². The standard InChI is InChI=1S/C20H21F3N2O4/c1-13(26)25-18(12-28-2)19(27)24-11-14-3-5-15(6-4-14)16-7-9-17(10-8-16)29-20(21,22)23/h3-10,18H,11-12H2,1-2H3,(H,24,27)(H,25,26)/t18-/m1/s1. The van der Waals surface area contributed by atoms with E-state index < -0.39 is 12.4 Å². The summed E-state index contributed by atoms with van der Waals surface area (Å²) in [6.45, 7) is 1.62. The van der Waals surface area contributed by atoms with Crippen molar-refractivity contribution in [2.45, 2.75) is 25.9 Å². The van der Waals surface area contributed by atoms with E-state index >= 15 is 0 Å². The van der Waals surface area contributed by atoms with E-state index in [1.165, 1.54) is 38.3 Å². The molecule has 0 saturated heterocycles. The molecule has 0 aliphatic rings. The lowest BCUT2D eigenvalue weighted by atomic mass is 10.0.